The summed E-state index contributed by atoms with van der Waals surface area (Å²) >= 11 is 0. The lowest BCUT2D eigenvalue weighted by Gasteiger charge is -2.10. The third-order valence-corrected chi connectivity index (χ3v) is 3.62. The molecule has 2 heterocycles. The molecule has 0 unspecified atom stereocenters. The Morgan fingerprint density at radius 1 is 1.38 bits per heavy atom. The number of nitrogens with two attached hydrogens (primary N) is 1. The number of nitrogen functional groups attached to an aromatic ring is 1. The monoisotopic (exact) mass is 286 g/mol. The van der Waals surface area contributed by atoms with Gasteiger partial charge in [-0.15, -0.1) is 0 Å². The van der Waals surface area contributed by atoms with Gasteiger partial charge in [0.15, 0.2) is 0 Å². The SMILES string of the molecule is CCn1cc(NC(=O)c2cc(N)cn2C2CC2)ccc1=O. The van der Waals surface area contributed by atoms with Crippen molar-refractivity contribution in [3.05, 3.63) is 46.6 Å². The van der Waals surface area contributed by atoms with Crippen molar-refractivity contribution in [3.8, 4) is 0 Å². The van der Waals surface area contributed by atoms with Gasteiger partial charge < -0.3 is 20.2 Å². The first-order valence-electron chi connectivity index (χ1n) is 7.07. The minimum absolute atomic E-state index is 0.0823. The van der Waals surface area contributed by atoms with Crippen molar-refractivity contribution >= 4 is 17.3 Å². The minimum Gasteiger partial charge on any atom is -0.397 e. The second kappa shape index (κ2) is 5.12. The smallest absolute Gasteiger partial charge is 0.272 e. The number of aromatic nitrogens is 2. The summed E-state index contributed by atoms with van der Waals surface area (Å²) in [6.07, 6.45) is 5.61. The Labute approximate surface area is 122 Å². The van der Waals surface area contributed by atoms with E-state index < -0.39 is 0 Å². The van der Waals surface area contributed by atoms with Crippen LogP contribution in [0.15, 0.2) is 35.4 Å². The maximum atomic E-state index is 12.4. The number of rotatable bonds is 4. The van der Waals surface area contributed by atoms with Gasteiger partial charge in [-0.25, -0.2) is 0 Å². The molecule has 2 aromatic heterocycles. The van der Waals surface area contributed by atoms with Gasteiger partial charge >= 0.3 is 0 Å². The zero-order chi connectivity index (χ0) is 15.0. The van der Waals surface area contributed by atoms with Crippen molar-refractivity contribution in [3.63, 3.8) is 0 Å². The van der Waals surface area contributed by atoms with Gasteiger partial charge in [0.2, 0.25) is 0 Å². The van der Waals surface area contributed by atoms with Crippen LogP contribution >= 0.6 is 0 Å². The molecule has 0 aromatic carbocycles. The van der Waals surface area contributed by atoms with Crippen molar-refractivity contribution in [1.29, 1.82) is 0 Å². The number of amides is 1. The fourth-order valence-electron chi connectivity index (χ4n) is 2.38. The summed E-state index contributed by atoms with van der Waals surface area (Å²) in [5, 5.41) is 2.82. The van der Waals surface area contributed by atoms with Crippen molar-refractivity contribution in [1.82, 2.24) is 9.13 Å². The molecule has 3 rings (SSSR count). The van der Waals surface area contributed by atoms with Gasteiger partial charge in [-0.1, -0.05) is 0 Å². The molecule has 3 N–H and O–H groups in total. The fourth-order valence-corrected chi connectivity index (χ4v) is 2.38. The number of aryl methyl sites for hydroxylation is 1. The summed E-state index contributed by atoms with van der Waals surface area (Å²) in [6, 6.07) is 5.13. The Balaban J connectivity index is 1.85. The molecule has 6 heteroatoms. The molecule has 0 spiro atoms. The number of pyridine rings is 1. The number of carbonyl (C=O) groups excluding carboxylic acids is 1. The van der Waals surface area contributed by atoms with Gasteiger partial charge in [0, 0.05) is 31.0 Å². The molecule has 0 radical (unpaired) electrons. The van der Waals surface area contributed by atoms with E-state index in [2.05, 4.69) is 5.32 Å². The third-order valence-electron chi connectivity index (χ3n) is 3.62. The first kappa shape index (κ1) is 13.5. The molecule has 1 aliphatic rings. The van der Waals surface area contributed by atoms with E-state index in [-0.39, 0.29) is 11.5 Å². The average molecular weight is 286 g/mol. The van der Waals surface area contributed by atoms with Crippen LogP contribution in [0.1, 0.15) is 36.3 Å². The number of carbonyl (C=O) groups is 1. The zero-order valence-corrected chi connectivity index (χ0v) is 11.9. The fraction of sp³-hybridized carbons (Fsp3) is 0.333. The van der Waals surface area contributed by atoms with Crippen LogP contribution in [0.4, 0.5) is 11.4 Å². The summed E-state index contributed by atoms with van der Waals surface area (Å²) in [6.45, 7) is 2.44. The van der Waals surface area contributed by atoms with E-state index in [4.69, 9.17) is 5.73 Å². The number of nitrogens with zero attached hydrogens (tertiary/aromatic N) is 2. The highest BCUT2D eigenvalue weighted by atomic mass is 16.2. The van der Waals surface area contributed by atoms with E-state index in [9.17, 15) is 9.59 Å². The number of anilines is 2. The van der Waals surface area contributed by atoms with E-state index >= 15 is 0 Å². The van der Waals surface area contributed by atoms with Gasteiger partial charge in [-0.3, -0.25) is 9.59 Å². The Kier molecular flexibility index (Phi) is 3.29. The van der Waals surface area contributed by atoms with Gasteiger partial charge in [0.05, 0.1) is 11.4 Å². The molecule has 110 valence electrons. The van der Waals surface area contributed by atoms with E-state index in [1.807, 2.05) is 11.5 Å². The predicted octanol–water partition coefficient (Wildman–Crippen LogP) is 1.84. The number of nitrogens with one attached hydrogen (secondary N) is 1. The van der Waals surface area contributed by atoms with Gasteiger partial charge in [0.25, 0.3) is 11.5 Å². The standard InChI is InChI=1S/C15H18N4O2/c1-2-18-9-11(3-6-14(18)20)17-15(21)13-7-10(16)8-19(13)12-4-5-12/h3,6-9,12H,2,4-5,16H2,1H3,(H,17,21). The average Bonchev–Trinajstić information content (AvgIpc) is 3.23. The molecule has 1 saturated carbocycles. The van der Waals surface area contributed by atoms with Crippen LogP contribution in [0.2, 0.25) is 0 Å². The van der Waals surface area contributed by atoms with E-state index in [1.54, 1.807) is 29.1 Å². The van der Waals surface area contributed by atoms with E-state index in [0.717, 1.165) is 12.8 Å². The second-order valence-electron chi connectivity index (χ2n) is 5.29. The largest absolute Gasteiger partial charge is 0.397 e. The lowest BCUT2D eigenvalue weighted by Crippen LogP contribution is -2.21. The van der Waals surface area contributed by atoms with Crippen LogP contribution in [0.25, 0.3) is 0 Å². The molecular weight excluding hydrogens is 268 g/mol. The van der Waals surface area contributed by atoms with E-state index in [1.165, 1.54) is 6.07 Å². The molecule has 1 amide bonds. The van der Waals surface area contributed by atoms with Crippen LogP contribution in [0, 0.1) is 0 Å². The normalized spacial score (nSPS) is 14.1. The highest BCUT2D eigenvalue weighted by molar-refractivity contribution is 6.03. The van der Waals surface area contributed by atoms with Gasteiger partial charge in [-0.2, -0.15) is 0 Å². The van der Waals surface area contributed by atoms with Crippen molar-refractivity contribution < 1.29 is 4.79 Å². The third kappa shape index (κ3) is 2.69. The number of hydrogen-bond acceptors (Lipinski definition) is 3. The van der Waals surface area contributed by atoms with Crippen LogP contribution in [0.3, 0.4) is 0 Å². The lowest BCUT2D eigenvalue weighted by atomic mass is 10.3. The highest BCUT2D eigenvalue weighted by Crippen LogP contribution is 2.37. The molecule has 0 atom stereocenters. The van der Waals surface area contributed by atoms with Gasteiger partial charge in [-0.05, 0) is 31.9 Å². The van der Waals surface area contributed by atoms with Gasteiger partial charge in [0.1, 0.15) is 5.69 Å². The first-order valence-corrected chi connectivity index (χ1v) is 7.07. The Bertz CT molecular complexity index is 740. The first-order chi connectivity index (χ1) is 10.1. The van der Waals surface area contributed by atoms with E-state index in [0.29, 0.717) is 29.7 Å². The van der Waals surface area contributed by atoms with Crippen LogP contribution in [-0.2, 0) is 6.54 Å². The van der Waals surface area contributed by atoms with Crippen molar-refractivity contribution in [2.45, 2.75) is 32.4 Å². The quantitative estimate of drug-likeness (QED) is 0.899. The molecule has 0 bridgehead atoms. The summed E-state index contributed by atoms with van der Waals surface area (Å²) in [5.74, 6) is -0.208. The maximum Gasteiger partial charge on any atom is 0.272 e. The van der Waals surface area contributed by atoms with Crippen LogP contribution in [-0.4, -0.2) is 15.0 Å². The topological polar surface area (TPSA) is 82.0 Å². The molecule has 1 fully saturated rings. The molecule has 1 aliphatic carbocycles. The molecule has 0 aliphatic heterocycles. The Morgan fingerprint density at radius 2 is 2.14 bits per heavy atom. The van der Waals surface area contributed by atoms with Crippen LogP contribution < -0.4 is 16.6 Å². The minimum atomic E-state index is -0.208. The molecule has 21 heavy (non-hydrogen) atoms. The summed E-state index contributed by atoms with van der Waals surface area (Å²) in [7, 11) is 0. The summed E-state index contributed by atoms with van der Waals surface area (Å²) in [5.41, 5.74) is 7.46. The summed E-state index contributed by atoms with van der Waals surface area (Å²) < 4.78 is 3.48. The van der Waals surface area contributed by atoms with Crippen molar-refractivity contribution in [2.24, 2.45) is 0 Å². The van der Waals surface area contributed by atoms with Crippen molar-refractivity contribution in [2.75, 3.05) is 11.1 Å². The lowest BCUT2D eigenvalue weighted by molar-refractivity contribution is 0.101. The molecular formula is C15H18N4O2. The number of hydrogen-bond donors (Lipinski definition) is 2. The molecule has 0 saturated heterocycles. The Morgan fingerprint density at radius 3 is 2.81 bits per heavy atom. The zero-order valence-electron chi connectivity index (χ0n) is 11.9. The maximum absolute atomic E-state index is 12.4. The summed E-state index contributed by atoms with van der Waals surface area (Å²) in [4.78, 5) is 23.9. The Hall–Kier alpha value is -2.50. The molecule has 2 aromatic rings. The predicted molar refractivity (Wildman–Crippen MR) is 81.4 cm³/mol. The highest BCUT2D eigenvalue weighted by Gasteiger charge is 2.27. The second-order valence-corrected chi connectivity index (χ2v) is 5.29. The van der Waals surface area contributed by atoms with Crippen LogP contribution in [0.5, 0.6) is 0 Å². The molecule has 6 nitrogen and oxygen atoms in total.